The van der Waals surface area contributed by atoms with E-state index in [9.17, 15) is 9.59 Å². The number of carbonyl (C=O) groups excluding carboxylic acids is 1. The lowest BCUT2D eigenvalue weighted by atomic mass is 10.00. The first-order valence-corrected chi connectivity index (χ1v) is 8.50. The number of hydrogen-bond acceptors (Lipinski definition) is 4. The van der Waals surface area contributed by atoms with E-state index >= 15 is 0 Å². The molecule has 2 aromatic heterocycles. The van der Waals surface area contributed by atoms with Crippen LogP contribution in [0.25, 0.3) is 0 Å². The molecule has 1 fully saturated rings. The van der Waals surface area contributed by atoms with E-state index in [1.54, 1.807) is 16.3 Å². The van der Waals surface area contributed by atoms with Crippen molar-refractivity contribution in [1.29, 1.82) is 0 Å². The maximum Gasteiger partial charge on any atom is 0.304 e. The number of nitrogens with one attached hydrogen (secondary N) is 2. The zero-order valence-electron chi connectivity index (χ0n) is 12.6. The topological polar surface area (TPSA) is 79.8 Å². The van der Waals surface area contributed by atoms with Crippen LogP contribution in [0.15, 0.2) is 16.4 Å². The Morgan fingerprint density at radius 3 is 2.95 bits per heavy atom. The molecule has 3 rings (SSSR count). The number of H-pyrrole nitrogens is 1. The lowest BCUT2D eigenvalue weighted by Crippen LogP contribution is -2.26. The zero-order chi connectivity index (χ0) is 15.5. The highest BCUT2D eigenvalue weighted by molar-refractivity contribution is 7.07. The number of aromatic nitrogens is 3. The molecule has 2 aromatic rings. The summed E-state index contributed by atoms with van der Waals surface area (Å²) in [6, 6.07) is 0. The van der Waals surface area contributed by atoms with Gasteiger partial charge in [-0.15, -0.1) is 0 Å². The summed E-state index contributed by atoms with van der Waals surface area (Å²) in [5.74, 6) is 0.336. The number of aromatic amines is 1. The second-order valence-corrected chi connectivity index (χ2v) is 6.60. The first-order valence-electron chi connectivity index (χ1n) is 7.62. The number of amides is 1. The third-order valence-electron chi connectivity index (χ3n) is 4.09. The minimum absolute atomic E-state index is 0.0582. The standard InChI is InChI=1S/C15H20N4O2S/c1-19-8-12(13(18-19)10-4-2-3-5-10)14(20)16-7-6-11-9-22-15(21)17-11/h8-10H,2-7H2,1H3,(H,16,20)(H,17,21). The fraction of sp³-hybridized carbons (Fsp3) is 0.533. The van der Waals surface area contributed by atoms with Crippen LogP contribution in [0, 0.1) is 0 Å². The molecule has 7 heteroatoms. The van der Waals surface area contributed by atoms with Crippen molar-refractivity contribution in [3.8, 4) is 0 Å². The number of hydrogen-bond donors (Lipinski definition) is 2. The van der Waals surface area contributed by atoms with Gasteiger partial charge in [0.05, 0.1) is 11.3 Å². The van der Waals surface area contributed by atoms with Crippen molar-refractivity contribution in [2.24, 2.45) is 7.05 Å². The molecule has 6 nitrogen and oxygen atoms in total. The van der Waals surface area contributed by atoms with E-state index in [-0.39, 0.29) is 10.8 Å². The maximum absolute atomic E-state index is 12.4. The Labute approximate surface area is 132 Å². The molecule has 0 saturated heterocycles. The molecule has 1 amide bonds. The number of aryl methyl sites for hydroxylation is 1. The van der Waals surface area contributed by atoms with Crippen molar-refractivity contribution in [1.82, 2.24) is 20.1 Å². The van der Waals surface area contributed by atoms with Crippen molar-refractivity contribution in [3.05, 3.63) is 38.2 Å². The molecule has 1 aliphatic carbocycles. The van der Waals surface area contributed by atoms with Gasteiger partial charge in [0, 0.05) is 43.2 Å². The minimum Gasteiger partial charge on any atom is -0.352 e. The summed E-state index contributed by atoms with van der Waals surface area (Å²) in [4.78, 5) is 26.2. The van der Waals surface area contributed by atoms with Gasteiger partial charge in [-0.25, -0.2) is 0 Å². The van der Waals surface area contributed by atoms with E-state index in [1.807, 2.05) is 7.05 Å². The van der Waals surface area contributed by atoms with Crippen LogP contribution in [0.4, 0.5) is 0 Å². The molecule has 2 heterocycles. The Balaban J connectivity index is 1.63. The van der Waals surface area contributed by atoms with Crippen LogP contribution in [0.1, 0.15) is 53.3 Å². The van der Waals surface area contributed by atoms with Gasteiger partial charge in [-0.1, -0.05) is 24.2 Å². The highest BCUT2D eigenvalue weighted by atomic mass is 32.1. The van der Waals surface area contributed by atoms with Gasteiger partial charge >= 0.3 is 4.87 Å². The van der Waals surface area contributed by atoms with Crippen LogP contribution in [-0.2, 0) is 13.5 Å². The Hall–Kier alpha value is -1.89. The second-order valence-electron chi connectivity index (χ2n) is 5.76. The molecule has 118 valence electrons. The van der Waals surface area contributed by atoms with Gasteiger partial charge in [-0.2, -0.15) is 5.10 Å². The first kappa shape index (κ1) is 15.0. The van der Waals surface area contributed by atoms with E-state index in [0.717, 1.165) is 35.6 Å². The monoisotopic (exact) mass is 320 g/mol. The third kappa shape index (κ3) is 3.30. The fourth-order valence-electron chi connectivity index (χ4n) is 3.02. The van der Waals surface area contributed by atoms with E-state index in [4.69, 9.17) is 0 Å². The number of thiazole rings is 1. The van der Waals surface area contributed by atoms with Gasteiger partial charge < -0.3 is 10.3 Å². The van der Waals surface area contributed by atoms with E-state index in [1.165, 1.54) is 12.8 Å². The Kier molecular flexibility index (Phi) is 4.42. The predicted molar refractivity (Wildman–Crippen MR) is 85.4 cm³/mol. The highest BCUT2D eigenvalue weighted by Crippen LogP contribution is 2.34. The summed E-state index contributed by atoms with van der Waals surface area (Å²) < 4.78 is 1.72. The van der Waals surface area contributed by atoms with Crippen LogP contribution in [0.2, 0.25) is 0 Å². The minimum atomic E-state index is -0.0763. The molecule has 22 heavy (non-hydrogen) atoms. The summed E-state index contributed by atoms with van der Waals surface area (Å²) in [5, 5.41) is 9.21. The molecule has 1 saturated carbocycles. The average Bonchev–Trinajstić information content (AvgIpc) is 3.19. The average molecular weight is 320 g/mol. The SMILES string of the molecule is Cn1cc(C(=O)NCCc2csc(=O)[nH]2)c(C2CCCC2)n1. The third-order valence-corrected chi connectivity index (χ3v) is 4.81. The Morgan fingerprint density at radius 1 is 1.50 bits per heavy atom. The predicted octanol–water partition coefficient (Wildman–Crippen LogP) is 1.80. The Bertz CT molecular complexity index is 709. The number of rotatable bonds is 5. The summed E-state index contributed by atoms with van der Waals surface area (Å²) in [5.41, 5.74) is 2.48. The lowest BCUT2D eigenvalue weighted by Gasteiger charge is -2.09. The van der Waals surface area contributed by atoms with Crippen LogP contribution in [0.5, 0.6) is 0 Å². The van der Waals surface area contributed by atoms with E-state index in [2.05, 4.69) is 15.4 Å². The molecular formula is C15H20N4O2S. The molecule has 0 atom stereocenters. The molecule has 0 aliphatic heterocycles. The summed E-state index contributed by atoms with van der Waals surface area (Å²) in [6.07, 6.45) is 7.10. The normalized spacial score (nSPS) is 15.3. The van der Waals surface area contributed by atoms with Crippen molar-refractivity contribution in [2.75, 3.05) is 6.54 Å². The van der Waals surface area contributed by atoms with Gasteiger partial charge in [0.1, 0.15) is 0 Å². The quantitative estimate of drug-likeness (QED) is 0.881. The van der Waals surface area contributed by atoms with Gasteiger partial charge in [0.15, 0.2) is 0 Å². The molecule has 2 N–H and O–H groups in total. The van der Waals surface area contributed by atoms with Gasteiger partial charge in [0.25, 0.3) is 5.91 Å². The fourth-order valence-corrected chi connectivity index (χ4v) is 3.64. The molecular weight excluding hydrogens is 300 g/mol. The van der Waals surface area contributed by atoms with Gasteiger partial charge in [-0.3, -0.25) is 14.3 Å². The van der Waals surface area contributed by atoms with Crippen LogP contribution < -0.4 is 10.2 Å². The van der Waals surface area contributed by atoms with Crippen molar-refractivity contribution in [3.63, 3.8) is 0 Å². The van der Waals surface area contributed by atoms with E-state index < -0.39 is 0 Å². The molecule has 0 radical (unpaired) electrons. The van der Waals surface area contributed by atoms with Crippen LogP contribution >= 0.6 is 11.3 Å². The van der Waals surface area contributed by atoms with E-state index in [0.29, 0.717) is 24.4 Å². The Morgan fingerprint density at radius 2 is 2.27 bits per heavy atom. The smallest absolute Gasteiger partial charge is 0.304 e. The molecule has 0 bridgehead atoms. The summed E-state index contributed by atoms with van der Waals surface area (Å²) >= 11 is 1.15. The first-order chi connectivity index (χ1) is 10.6. The molecule has 1 aliphatic rings. The molecule has 0 spiro atoms. The lowest BCUT2D eigenvalue weighted by molar-refractivity contribution is 0.0952. The van der Waals surface area contributed by atoms with Gasteiger partial charge in [0.2, 0.25) is 0 Å². The van der Waals surface area contributed by atoms with Crippen molar-refractivity contribution < 1.29 is 4.79 Å². The largest absolute Gasteiger partial charge is 0.352 e. The summed E-state index contributed by atoms with van der Waals surface area (Å²) in [7, 11) is 1.85. The maximum atomic E-state index is 12.4. The van der Waals surface area contributed by atoms with Gasteiger partial charge in [-0.05, 0) is 12.8 Å². The molecule has 0 unspecified atom stereocenters. The number of carbonyl (C=O) groups is 1. The van der Waals surface area contributed by atoms with Crippen LogP contribution in [0.3, 0.4) is 0 Å². The zero-order valence-corrected chi connectivity index (χ0v) is 13.4. The second kappa shape index (κ2) is 6.48. The number of nitrogens with zero attached hydrogens (tertiary/aromatic N) is 2. The van der Waals surface area contributed by atoms with Crippen LogP contribution in [-0.4, -0.2) is 27.2 Å². The summed E-state index contributed by atoms with van der Waals surface area (Å²) in [6.45, 7) is 0.504. The highest BCUT2D eigenvalue weighted by Gasteiger charge is 2.25. The molecule has 0 aromatic carbocycles. The van der Waals surface area contributed by atoms with Crippen molar-refractivity contribution >= 4 is 17.2 Å². The van der Waals surface area contributed by atoms with Crippen molar-refractivity contribution in [2.45, 2.75) is 38.0 Å².